The number of nitrogens with two attached hydrogens (primary N) is 1. The van der Waals surface area contributed by atoms with E-state index in [1.165, 1.54) is 55.0 Å². The summed E-state index contributed by atoms with van der Waals surface area (Å²) in [7, 11) is 0. The molecule has 0 fully saturated rings. The quantitative estimate of drug-likeness (QED) is 0.339. The third kappa shape index (κ3) is 5.56. The van der Waals surface area contributed by atoms with Gasteiger partial charge >= 0.3 is 5.97 Å². The van der Waals surface area contributed by atoms with Gasteiger partial charge in [0.05, 0.1) is 6.04 Å². The fourth-order valence-corrected chi connectivity index (χ4v) is 2.34. The van der Waals surface area contributed by atoms with Crippen molar-refractivity contribution in [3.05, 3.63) is 72.6 Å². The molecule has 3 N–H and O–H groups in total. The molecule has 1 atom stereocenters. The molecule has 0 bridgehead atoms. The summed E-state index contributed by atoms with van der Waals surface area (Å²) in [6.07, 6.45) is 3.31. The van der Waals surface area contributed by atoms with Crippen molar-refractivity contribution in [1.29, 1.82) is 0 Å². The zero-order chi connectivity index (χ0) is 20.6. The number of carbonyl (C=O) groups is 2. The first-order valence-electron chi connectivity index (χ1n) is 8.56. The van der Waals surface area contributed by atoms with E-state index < -0.39 is 17.8 Å². The number of nitrogens with zero attached hydrogens (tertiary/aromatic N) is 2. The van der Waals surface area contributed by atoms with E-state index in [2.05, 4.69) is 15.3 Å². The Morgan fingerprint density at radius 3 is 2.55 bits per heavy atom. The van der Waals surface area contributed by atoms with Crippen LogP contribution in [0.15, 0.2) is 61.1 Å². The van der Waals surface area contributed by atoms with Crippen LogP contribution in [0.4, 0.5) is 10.1 Å². The SMILES string of the molecule is NCC(C=O)Nc1cc(OC(=O)c2ccncn2)cc(Oc2ccc(F)cc2)c1. The number of anilines is 1. The highest BCUT2D eigenvalue weighted by molar-refractivity contribution is 5.89. The second kappa shape index (κ2) is 9.38. The van der Waals surface area contributed by atoms with Gasteiger partial charge < -0.3 is 25.3 Å². The Bertz CT molecular complexity index is 984. The van der Waals surface area contributed by atoms with Crippen molar-refractivity contribution < 1.29 is 23.5 Å². The third-order valence-electron chi connectivity index (χ3n) is 3.70. The minimum Gasteiger partial charge on any atom is -0.457 e. The van der Waals surface area contributed by atoms with Crippen LogP contribution < -0.4 is 20.5 Å². The fourth-order valence-electron chi connectivity index (χ4n) is 2.34. The molecule has 0 aliphatic carbocycles. The zero-order valence-electron chi connectivity index (χ0n) is 15.1. The third-order valence-corrected chi connectivity index (χ3v) is 3.70. The maximum atomic E-state index is 13.1. The molecular weight excluding hydrogens is 379 g/mol. The largest absolute Gasteiger partial charge is 0.457 e. The van der Waals surface area contributed by atoms with Gasteiger partial charge in [0.15, 0.2) is 5.69 Å². The van der Waals surface area contributed by atoms with Crippen LogP contribution in [0.1, 0.15) is 10.5 Å². The first-order valence-corrected chi connectivity index (χ1v) is 8.56. The van der Waals surface area contributed by atoms with Gasteiger partial charge in [-0.15, -0.1) is 0 Å². The van der Waals surface area contributed by atoms with Gasteiger partial charge in [0.2, 0.25) is 0 Å². The fraction of sp³-hybridized carbons (Fsp3) is 0.100. The van der Waals surface area contributed by atoms with Gasteiger partial charge in [-0.25, -0.2) is 19.2 Å². The molecule has 29 heavy (non-hydrogen) atoms. The van der Waals surface area contributed by atoms with E-state index in [1.807, 2.05) is 0 Å². The molecule has 0 amide bonds. The molecule has 3 aromatic rings. The Kier molecular flexibility index (Phi) is 6.43. The monoisotopic (exact) mass is 396 g/mol. The summed E-state index contributed by atoms with van der Waals surface area (Å²) in [6, 6.07) is 10.8. The van der Waals surface area contributed by atoms with Crippen LogP contribution in [-0.2, 0) is 4.79 Å². The summed E-state index contributed by atoms with van der Waals surface area (Å²) < 4.78 is 24.2. The first kappa shape index (κ1) is 19.9. The van der Waals surface area contributed by atoms with E-state index in [0.29, 0.717) is 23.5 Å². The molecule has 0 radical (unpaired) electrons. The van der Waals surface area contributed by atoms with Crippen molar-refractivity contribution in [3.63, 3.8) is 0 Å². The average molecular weight is 396 g/mol. The second-order valence-electron chi connectivity index (χ2n) is 5.86. The van der Waals surface area contributed by atoms with Crippen molar-refractivity contribution in [3.8, 4) is 17.2 Å². The van der Waals surface area contributed by atoms with E-state index in [0.717, 1.165) is 0 Å². The maximum absolute atomic E-state index is 13.1. The molecule has 8 nitrogen and oxygen atoms in total. The Labute approximate surface area is 165 Å². The van der Waals surface area contributed by atoms with E-state index in [1.54, 1.807) is 6.07 Å². The van der Waals surface area contributed by atoms with E-state index in [9.17, 15) is 14.0 Å². The Morgan fingerprint density at radius 1 is 1.14 bits per heavy atom. The predicted molar refractivity (Wildman–Crippen MR) is 102 cm³/mol. The van der Waals surface area contributed by atoms with Crippen LogP contribution in [-0.4, -0.2) is 34.8 Å². The highest BCUT2D eigenvalue weighted by Gasteiger charge is 2.14. The molecule has 1 unspecified atom stereocenters. The van der Waals surface area contributed by atoms with Gasteiger partial charge in [-0.2, -0.15) is 0 Å². The lowest BCUT2D eigenvalue weighted by molar-refractivity contribution is -0.108. The molecule has 1 aromatic heterocycles. The Hall–Kier alpha value is -3.85. The van der Waals surface area contributed by atoms with E-state index in [4.69, 9.17) is 15.2 Å². The number of aromatic nitrogens is 2. The molecule has 0 saturated heterocycles. The Balaban J connectivity index is 1.88. The van der Waals surface area contributed by atoms with Gasteiger partial charge in [0.1, 0.15) is 35.7 Å². The van der Waals surface area contributed by atoms with Gasteiger partial charge in [-0.05, 0) is 30.3 Å². The maximum Gasteiger partial charge on any atom is 0.362 e. The van der Waals surface area contributed by atoms with Crippen LogP contribution in [0.5, 0.6) is 17.2 Å². The predicted octanol–water partition coefficient (Wildman–Crippen LogP) is 2.57. The number of rotatable bonds is 8. The lowest BCUT2D eigenvalue weighted by Crippen LogP contribution is -2.30. The van der Waals surface area contributed by atoms with Crippen molar-refractivity contribution in [2.24, 2.45) is 5.73 Å². The molecule has 0 spiro atoms. The van der Waals surface area contributed by atoms with Crippen LogP contribution in [0.25, 0.3) is 0 Å². The number of aldehydes is 1. The second-order valence-corrected chi connectivity index (χ2v) is 5.86. The van der Waals surface area contributed by atoms with Crippen LogP contribution in [0, 0.1) is 5.82 Å². The minimum absolute atomic E-state index is 0.0720. The van der Waals surface area contributed by atoms with Crippen LogP contribution in [0.3, 0.4) is 0 Å². The number of nitrogens with one attached hydrogen (secondary N) is 1. The molecule has 1 heterocycles. The number of hydrogen-bond acceptors (Lipinski definition) is 8. The molecule has 2 aromatic carbocycles. The summed E-state index contributed by atoms with van der Waals surface area (Å²) in [6.45, 7) is 0.0720. The molecule has 3 rings (SSSR count). The first-order chi connectivity index (χ1) is 14.1. The number of esters is 1. The highest BCUT2D eigenvalue weighted by atomic mass is 19.1. The standard InChI is InChI=1S/C20H17FN4O4/c21-13-1-3-16(4-2-13)28-17-7-14(25-15(10-22)11-26)8-18(9-17)29-20(27)19-5-6-23-12-24-19/h1-9,11-12,15,25H,10,22H2. The molecule has 148 valence electrons. The number of benzene rings is 2. The summed E-state index contributed by atoms with van der Waals surface area (Å²) >= 11 is 0. The summed E-state index contributed by atoms with van der Waals surface area (Å²) in [5.74, 6) is -0.263. The van der Waals surface area contributed by atoms with Crippen molar-refractivity contribution >= 4 is 17.9 Å². The van der Waals surface area contributed by atoms with Gasteiger partial charge in [0.25, 0.3) is 0 Å². The van der Waals surface area contributed by atoms with Crippen molar-refractivity contribution in [2.75, 3.05) is 11.9 Å². The molecular formula is C20H17FN4O4. The van der Waals surface area contributed by atoms with Crippen molar-refractivity contribution in [2.45, 2.75) is 6.04 Å². The van der Waals surface area contributed by atoms with Gasteiger partial charge in [-0.3, -0.25) is 0 Å². The normalized spacial score (nSPS) is 11.4. The molecule has 0 aliphatic heterocycles. The average Bonchev–Trinajstić information content (AvgIpc) is 2.74. The molecule has 0 saturated carbocycles. The minimum atomic E-state index is -0.692. The number of halogens is 1. The number of hydrogen-bond donors (Lipinski definition) is 2. The molecule has 9 heteroatoms. The number of carbonyl (C=O) groups excluding carboxylic acids is 2. The molecule has 0 aliphatic rings. The summed E-state index contributed by atoms with van der Waals surface area (Å²) in [5, 5.41) is 2.92. The van der Waals surface area contributed by atoms with Crippen LogP contribution in [0.2, 0.25) is 0 Å². The number of ether oxygens (including phenoxy) is 2. The highest BCUT2D eigenvalue weighted by Crippen LogP contribution is 2.30. The lowest BCUT2D eigenvalue weighted by atomic mass is 10.2. The van der Waals surface area contributed by atoms with Gasteiger partial charge in [-0.1, -0.05) is 0 Å². The summed E-state index contributed by atoms with van der Waals surface area (Å²) in [4.78, 5) is 30.9. The van der Waals surface area contributed by atoms with Crippen LogP contribution >= 0.6 is 0 Å². The van der Waals surface area contributed by atoms with E-state index in [-0.39, 0.29) is 18.0 Å². The van der Waals surface area contributed by atoms with Crippen molar-refractivity contribution in [1.82, 2.24) is 9.97 Å². The summed E-state index contributed by atoms with van der Waals surface area (Å²) in [5.41, 5.74) is 6.06. The lowest BCUT2D eigenvalue weighted by Gasteiger charge is -2.15. The smallest absolute Gasteiger partial charge is 0.362 e. The van der Waals surface area contributed by atoms with Gasteiger partial charge in [0, 0.05) is 36.6 Å². The Morgan fingerprint density at radius 2 is 1.90 bits per heavy atom. The topological polar surface area (TPSA) is 116 Å². The van der Waals surface area contributed by atoms with E-state index >= 15 is 0 Å². The zero-order valence-corrected chi connectivity index (χ0v) is 15.1.